The normalized spacial score (nSPS) is 30.8. The first-order valence-electron chi connectivity index (χ1n) is 6.66. The zero-order valence-corrected chi connectivity index (χ0v) is 11.7. The lowest BCUT2D eigenvalue weighted by atomic mass is 10.0. The fourth-order valence-corrected chi connectivity index (χ4v) is 4.87. The van der Waals surface area contributed by atoms with Gasteiger partial charge in [0.1, 0.15) is 0 Å². The first-order chi connectivity index (χ1) is 8.52. The molecule has 2 fully saturated rings. The Balaban J connectivity index is 1.88. The maximum Gasteiger partial charge on any atom is 0.223 e. The van der Waals surface area contributed by atoms with Crippen molar-refractivity contribution in [1.29, 1.82) is 0 Å². The Hall–Kier alpha value is -0.620. The van der Waals surface area contributed by atoms with Crippen LogP contribution >= 0.6 is 0 Å². The molecule has 0 aromatic rings. The molecule has 1 N–H and O–H groups in total. The van der Waals surface area contributed by atoms with Crippen LogP contribution < -0.4 is 5.32 Å². The summed E-state index contributed by atoms with van der Waals surface area (Å²) >= 11 is 0. The Kier molecular flexibility index (Phi) is 4.27. The Morgan fingerprint density at radius 3 is 2.78 bits per heavy atom. The SMILES string of the molecule is CNCC1CCCN1C(=O)CC1CCS(=O)(=O)C1. The highest BCUT2D eigenvalue weighted by molar-refractivity contribution is 7.91. The highest BCUT2D eigenvalue weighted by Gasteiger charge is 2.33. The smallest absolute Gasteiger partial charge is 0.223 e. The Labute approximate surface area is 109 Å². The van der Waals surface area contributed by atoms with E-state index >= 15 is 0 Å². The van der Waals surface area contributed by atoms with Gasteiger partial charge in [0.15, 0.2) is 9.84 Å². The third-order valence-electron chi connectivity index (χ3n) is 3.93. The average molecular weight is 274 g/mol. The van der Waals surface area contributed by atoms with Crippen LogP contribution in [-0.4, -0.2) is 56.9 Å². The molecule has 5 nitrogen and oxygen atoms in total. The minimum Gasteiger partial charge on any atom is -0.338 e. The summed E-state index contributed by atoms with van der Waals surface area (Å²) in [5, 5.41) is 3.11. The number of likely N-dealkylation sites (N-methyl/N-ethyl adjacent to an activating group) is 1. The summed E-state index contributed by atoms with van der Waals surface area (Å²) in [5.74, 6) is 0.627. The Bertz CT molecular complexity index is 408. The molecule has 2 heterocycles. The molecule has 104 valence electrons. The molecule has 2 rings (SSSR count). The highest BCUT2D eigenvalue weighted by atomic mass is 32.2. The molecular formula is C12H22N2O3S. The van der Waals surface area contributed by atoms with E-state index in [-0.39, 0.29) is 23.3 Å². The summed E-state index contributed by atoms with van der Waals surface area (Å²) < 4.78 is 22.8. The third-order valence-corrected chi connectivity index (χ3v) is 5.76. The van der Waals surface area contributed by atoms with E-state index in [1.807, 2.05) is 11.9 Å². The van der Waals surface area contributed by atoms with Crippen molar-refractivity contribution in [2.24, 2.45) is 5.92 Å². The molecular weight excluding hydrogens is 252 g/mol. The van der Waals surface area contributed by atoms with Crippen molar-refractivity contribution in [1.82, 2.24) is 10.2 Å². The van der Waals surface area contributed by atoms with Crippen molar-refractivity contribution in [2.75, 3.05) is 31.6 Å². The average Bonchev–Trinajstić information content (AvgIpc) is 2.86. The van der Waals surface area contributed by atoms with E-state index < -0.39 is 9.84 Å². The van der Waals surface area contributed by atoms with E-state index in [1.54, 1.807) is 0 Å². The van der Waals surface area contributed by atoms with Crippen LogP contribution in [0.1, 0.15) is 25.7 Å². The standard InChI is InChI=1S/C12H22N2O3S/c1-13-8-11-3-2-5-14(11)12(15)7-10-4-6-18(16,17)9-10/h10-11,13H,2-9H2,1H3. The predicted octanol–water partition coefficient (Wildman–Crippen LogP) is 0.0216. The largest absolute Gasteiger partial charge is 0.338 e. The van der Waals surface area contributed by atoms with Gasteiger partial charge in [-0.1, -0.05) is 0 Å². The summed E-state index contributed by atoms with van der Waals surface area (Å²) in [7, 11) is -0.978. The van der Waals surface area contributed by atoms with Crippen LogP contribution in [-0.2, 0) is 14.6 Å². The second-order valence-corrected chi connectivity index (χ2v) is 7.64. The van der Waals surface area contributed by atoms with E-state index in [0.717, 1.165) is 25.9 Å². The quantitative estimate of drug-likeness (QED) is 0.785. The summed E-state index contributed by atoms with van der Waals surface area (Å²) in [6.07, 6.45) is 3.16. The minimum absolute atomic E-state index is 0.0401. The number of hydrogen-bond donors (Lipinski definition) is 1. The van der Waals surface area contributed by atoms with Crippen molar-refractivity contribution in [3.63, 3.8) is 0 Å². The maximum atomic E-state index is 12.2. The molecule has 2 aliphatic heterocycles. The maximum absolute atomic E-state index is 12.2. The summed E-state index contributed by atoms with van der Waals surface area (Å²) in [6.45, 7) is 1.65. The molecule has 6 heteroatoms. The first kappa shape index (κ1) is 13.8. The Morgan fingerprint density at radius 2 is 2.17 bits per heavy atom. The molecule has 0 aromatic heterocycles. The molecule has 1 amide bonds. The van der Waals surface area contributed by atoms with Gasteiger partial charge in [-0.25, -0.2) is 8.42 Å². The number of nitrogens with one attached hydrogen (secondary N) is 1. The number of nitrogens with zero attached hydrogens (tertiary/aromatic N) is 1. The number of sulfone groups is 1. The number of carbonyl (C=O) groups is 1. The van der Waals surface area contributed by atoms with Crippen molar-refractivity contribution in [3.05, 3.63) is 0 Å². The lowest BCUT2D eigenvalue weighted by Crippen LogP contribution is -2.41. The van der Waals surface area contributed by atoms with Gasteiger partial charge in [-0.15, -0.1) is 0 Å². The van der Waals surface area contributed by atoms with Crippen molar-refractivity contribution >= 4 is 15.7 Å². The molecule has 0 radical (unpaired) electrons. The van der Waals surface area contributed by atoms with Gasteiger partial charge in [-0.2, -0.15) is 0 Å². The van der Waals surface area contributed by atoms with E-state index in [2.05, 4.69) is 5.32 Å². The topological polar surface area (TPSA) is 66.5 Å². The first-order valence-corrected chi connectivity index (χ1v) is 8.48. The molecule has 2 saturated heterocycles. The van der Waals surface area contributed by atoms with Crippen molar-refractivity contribution in [3.8, 4) is 0 Å². The van der Waals surface area contributed by atoms with E-state index in [0.29, 0.717) is 18.9 Å². The Morgan fingerprint density at radius 1 is 1.39 bits per heavy atom. The minimum atomic E-state index is -2.87. The molecule has 0 bridgehead atoms. The third kappa shape index (κ3) is 3.23. The number of amides is 1. The molecule has 0 aromatic carbocycles. The van der Waals surface area contributed by atoms with Gasteiger partial charge in [0, 0.05) is 25.6 Å². The van der Waals surface area contributed by atoms with Crippen LogP contribution in [0.3, 0.4) is 0 Å². The van der Waals surface area contributed by atoms with Crippen LogP contribution in [0.4, 0.5) is 0 Å². The molecule has 0 aliphatic carbocycles. The summed E-state index contributed by atoms with van der Waals surface area (Å²) in [4.78, 5) is 14.1. The van der Waals surface area contributed by atoms with Crippen LogP contribution in [0.2, 0.25) is 0 Å². The molecule has 2 atom stereocenters. The van der Waals surface area contributed by atoms with Crippen molar-refractivity contribution in [2.45, 2.75) is 31.7 Å². The van der Waals surface area contributed by atoms with Crippen LogP contribution in [0, 0.1) is 5.92 Å². The summed E-state index contributed by atoms with van der Waals surface area (Å²) in [6, 6.07) is 0.292. The number of hydrogen-bond acceptors (Lipinski definition) is 4. The van der Waals surface area contributed by atoms with E-state index in [9.17, 15) is 13.2 Å². The van der Waals surface area contributed by atoms with E-state index in [4.69, 9.17) is 0 Å². The molecule has 0 saturated carbocycles. The van der Waals surface area contributed by atoms with Gasteiger partial charge >= 0.3 is 0 Å². The van der Waals surface area contributed by atoms with Gasteiger partial charge < -0.3 is 10.2 Å². The zero-order valence-electron chi connectivity index (χ0n) is 10.9. The molecule has 2 aliphatic rings. The van der Waals surface area contributed by atoms with Gasteiger partial charge in [-0.05, 0) is 32.2 Å². The molecule has 0 spiro atoms. The summed E-state index contributed by atoms with van der Waals surface area (Å²) in [5.41, 5.74) is 0. The van der Waals surface area contributed by atoms with Gasteiger partial charge in [-0.3, -0.25) is 4.79 Å². The second-order valence-electron chi connectivity index (χ2n) is 5.41. The van der Waals surface area contributed by atoms with Crippen LogP contribution in [0.25, 0.3) is 0 Å². The molecule has 18 heavy (non-hydrogen) atoms. The number of rotatable bonds is 4. The van der Waals surface area contributed by atoms with Gasteiger partial charge in [0.25, 0.3) is 0 Å². The number of carbonyl (C=O) groups excluding carboxylic acids is 1. The fourth-order valence-electron chi connectivity index (χ4n) is 3.01. The lowest BCUT2D eigenvalue weighted by molar-refractivity contribution is -0.132. The fraction of sp³-hybridized carbons (Fsp3) is 0.917. The van der Waals surface area contributed by atoms with E-state index in [1.165, 1.54) is 0 Å². The highest BCUT2D eigenvalue weighted by Crippen LogP contribution is 2.25. The van der Waals surface area contributed by atoms with Crippen LogP contribution in [0.15, 0.2) is 0 Å². The van der Waals surface area contributed by atoms with Gasteiger partial charge in [0.2, 0.25) is 5.91 Å². The van der Waals surface area contributed by atoms with Crippen molar-refractivity contribution < 1.29 is 13.2 Å². The monoisotopic (exact) mass is 274 g/mol. The molecule has 2 unspecified atom stereocenters. The lowest BCUT2D eigenvalue weighted by Gasteiger charge is -2.25. The number of likely N-dealkylation sites (tertiary alicyclic amines) is 1. The van der Waals surface area contributed by atoms with Crippen LogP contribution in [0.5, 0.6) is 0 Å². The zero-order chi connectivity index (χ0) is 13.2. The van der Waals surface area contributed by atoms with Gasteiger partial charge in [0.05, 0.1) is 11.5 Å². The predicted molar refractivity (Wildman–Crippen MR) is 70.0 cm³/mol. The second kappa shape index (κ2) is 5.57.